The van der Waals surface area contributed by atoms with Gasteiger partial charge in [0.25, 0.3) is 5.91 Å². The van der Waals surface area contributed by atoms with E-state index in [0.717, 1.165) is 12.0 Å². The van der Waals surface area contributed by atoms with E-state index in [1.54, 1.807) is 23.1 Å². The van der Waals surface area contributed by atoms with Crippen LogP contribution in [0.5, 0.6) is 11.5 Å². The summed E-state index contributed by atoms with van der Waals surface area (Å²) in [6, 6.07) is 5.40. The molecule has 8 nitrogen and oxygen atoms in total. The number of carbonyl (C=O) groups excluding carboxylic acids is 3. The number of ether oxygens (including phenoxy) is 4. The van der Waals surface area contributed by atoms with Crippen LogP contribution in [-0.2, 0) is 23.9 Å². The molecular weight excluding hydrogens is 402 g/mol. The highest BCUT2D eigenvalue weighted by atomic mass is 16.5. The zero-order valence-corrected chi connectivity index (χ0v) is 18.4. The SMILES string of the molecule is CCCOc1ccc(/C=C/C(=O)OCC(=O)N2CCC(C(=O)OC)CC2)cc1OCC. The van der Waals surface area contributed by atoms with Crippen molar-refractivity contribution in [3.05, 3.63) is 29.8 Å². The molecule has 1 aromatic rings. The molecule has 0 aliphatic carbocycles. The minimum Gasteiger partial charge on any atom is -0.490 e. The van der Waals surface area contributed by atoms with E-state index < -0.39 is 5.97 Å². The summed E-state index contributed by atoms with van der Waals surface area (Å²) in [4.78, 5) is 37.4. The predicted molar refractivity (Wildman–Crippen MR) is 115 cm³/mol. The number of amides is 1. The number of nitrogens with zero attached hydrogens (tertiary/aromatic N) is 1. The molecule has 1 heterocycles. The van der Waals surface area contributed by atoms with Gasteiger partial charge < -0.3 is 23.8 Å². The molecule has 0 N–H and O–H groups in total. The van der Waals surface area contributed by atoms with Crippen LogP contribution in [0.15, 0.2) is 24.3 Å². The third kappa shape index (κ3) is 7.62. The van der Waals surface area contributed by atoms with Crippen molar-refractivity contribution in [1.82, 2.24) is 4.90 Å². The third-order valence-corrected chi connectivity index (χ3v) is 4.86. The van der Waals surface area contributed by atoms with Gasteiger partial charge in [0, 0.05) is 19.2 Å². The van der Waals surface area contributed by atoms with Gasteiger partial charge in [0.05, 0.1) is 26.2 Å². The van der Waals surface area contributed by atoms with E-state index in [1.807, 2.05) is 19.9 Å². The summed E-state index contributed by atoms with van der Waals surface area (Å²) in [5.74, 6) is -0.0498. The summed E-state index contributed by atoms with van der Waals surface area (Å²) < 4.78 is 21.1. The normalized spacial score (nSPS) is 14.4. The first-order valence-electron chi connectivity index (χ1n) is 10.6. The van der Waals surface area contributed by atoms with Gasteiger partial charge in [-0.2, -0.15) is 0 Å². The van der Waals surface area contributed by atoms with E-state index in [2.05, 4.69) is 0 Å². The van der Waals surface area contributed by atoms with Gasteiger partial charge in [-0.3, -0.25) is 9.59 Å². The molecule has 8 heteroatoms. The van der Waals surface area contributed by atoms with Crippen molar-refractivity contribution in [2.75, 3.05) is 40.0 Å². The fourth-order valence-corrected chi connectivity index (χ4v) is 3.20. The lowest BCUT2D eigenvalue weighted by Crippen LogP contribution is -2.42. The molecule has 0 radical (unpaired) electrons. The highest BCUT2D eigenvalue weighted by molar-refractivity contribution is 5.89. The molecule has 0 aromatic heterocycles. The van der Waals surface area contributed by atoms with Crippen molar-refractivity contribution in [2.45, 2.75) is 33.1 Å². The first-order valence-corrected chi connectivity index (χ1v) is 10.6. The summed E-state index contributed by atoms with van der Waals surface area (Å²) in [5.41, 5.74) is 0.750. The fourth-order valence-electron chi connectivity index (χ4n) is 3.20. The number of hydrogen-bond acceptors (Lipinski definition) is 7. The van der Waals surface area contributed by atoms with E-state index >= 15 is 0 Å². The molecule has 2 rings (SSSR count). The van der Waals surface area contributed by atoms with Gasteiger partial charge >= 0.3 is 11.9 Å². The van der Waals surface area contributed by atoms with Gasteiger partial charge in [-0.25, -0.2) is 4.79 Å². The smallest absolute Gasteiger partial charge is 0.331 e. The number of piperidine rings is 1. The molecule has 1 amide bonds. The first-order chi connectivity index (χ1) is 15.0. The zero-order chi connectivity index (χ0) is 22.6. The lowest BCUT2D eigenvalue weighted by Gasteiger charge is -2.30. The second-order valence-corrected chi connectivity index (χ2v) is 7.11. The second kappa shape index (κ2) is 12.6. The van der Waals surface area contributed by atoms with Crippen LogP contribution >= 0.6 is 0 Å². The molecule has 1 fully saturated rings. The van der Waals surface area contributed by atoms with Crippen LogP contribution in [0.2, 0.25) is 0 Å². The molecule has 0 saturated carbocycles. The summed E-state index contributed by atoms with van der Waals surface area (Å²) >= 11 is 0. The molecule has 1 aliphatic heterocycles. The standard InChI is InChI=1S/C23H31NO7/c1-4-14-30-19-8-6-17(15-20(19)29-5-2)7-9-22(26)31-16-21(25)24-12-10-18(11-13-24)23(27)28-3/h6-9,15,18H,4-5,10-14,16H2,1-3H3/b9-7+. The van der Waals surface area contributed by atoms with Crippen molar-refractivity contribution < 1.29 is 33.3 Å². The van der Waals surface area contributed by atoms with Gasteiger partial charge in [0.1, 0.15) is 0 Å². The van der Waals surface area contributed by atoms with Gasteiger partial charge in [-0.1, -0.05) is 13.0 Å². The molecule has 0 spiro atoms. The first kappa shape index (κ1) is 24.2. The second-order valence-electron chi connectivity index (χ2n) is 7.11. The maximum atomic E-state index is 12.2. The van der Waals surface area contributed by atoms with E-state index in [-0.39, 0.29) is 24.4 Å². The van der Waals surface area contributed by atoms with Crippen LogP contribution in [0.3, 0.4) is 0 Å². The minimum atomic E-state index is -0.609. The molecule has 0 atom stereocenters. The highest BCUT2D eigenvalue weighted by Gasteiger charge is 2.28. The third-order valence-electron chi connectivity index (χ3n) is 4.86. The Morgan fingerprint density at radius 2 is 1.84 bits per heavy atom. The van der Waals surface area contributed by atoms with E-state index in [9.17, 15) is 14.4 Å². The molecule has 0 unspecified atom stereocenters. The number of hydrogen-bond donors (Lipinski definition) is 0. The van der Waals surface area contributed by atoms with Crippen LogP contribution in [0.25, 0.3) is 6.08 Å². The van der Waals surface area contributed by atoms with Crippen LogP contribution in [0.1, 0.15) is 38.7 Å². The molecule has 1 aliphatic rings. The van der Waals surface area contributed by atoms with Gasteiger partial charge in [0.15, 0.2) is 18.1 Å². The summed E-state index contributed by atoms with van der Waals surface area (Å²) in [7, 11) is 1.36. The Morgan fingerprint density at radius 1 is 1.10 bits per heavy atom. The maximum absolute atomic E-state index is 12.2. The fraction of sp³-hybridized carbons (Fsp3) is 0.522. The summed E-state index contributed by atoms with van der Waals surface area (Å²) in [5, 5.41) is 0. The Balaban J connectivity index is 1.83. The van der Waals surface area contributed by atoms with E-state index in [0.29, 0.717) is 50.6 Å². The lowest BCUT2D eigenvalue weighted by atomic mass is 9.97. The monoisotopic (exact) mass is 433 g/mol. The maximum Gasteiger partial charge on any atom is 0.331 e. The van der Waals surface area contributed by atoms with Gasteiger partial charge in [-0.15, -0.1) is 0 Å². The zero-order valence-electron chi connectivity index (χ0n) is 18.4. The van der Waals surface area contributed by atoms with Crippen molar-refractivity contribution in [2.24, 2.45) is 5.92 Å². The Hall–Kier alpha value is -3.03. The van der Waals surface area contributed by atoms with Crippen LogP contribution in [0, 0.1) is 5.92 Å². The Kier molecular flexibility index (Phi) is 9.87. The molecule has 1 saturated heterocycles. The Morgan fingerprint density at radius 3 is 2.48 bits per heavy atom. The number of methoxy groups -OCH3 is 1. The number of benzene rings is 1. The molecule has 31 heavy (non-hydrogen) atoms. The Bertz CT molecular complexity index is 782. The highest BCUT2D eigenvalue weighted by Crippen LogP contribution is 2.29. The van der Waals surface area contributed by atoms with Crippen LogP contribution in [-0.4, -0.2) is 62.8 Å². The number of rotatable bonds is 10. The van der Waals surface area contributed by atoms with Crippen LogP contribution < -0.4 is 9.47 Å². The predicted octanol–water partition coefficient (Wildman–Crippen LogP) is 2.84. The summed E-state index contributed by atoms with van der Waals surface area (Å²) in [6.45, 7) is 5.56. The lowest BCUT2D eigenvalue weighted by molar-refractivity contribution is -0.151. The molecule has 1 aromatic carbocycles. The van der Waals surface area contributed by atoms with Crippen molar-refractivity contribution in [3.8, 4) is 11.5 Å². The van der Waals surface area contributed by atoms with Crippen molar-refractivity contribution in [3.63, 3.8) is 0 Å². The summed E-state index contributed by atoms with van der Waals surface area (Å²) in [6.07, 6.45) is 4.86. The molecular formula is C23H31NO7. The van der Waals surface area contributed by atoms with Crippen molar-refractivity contribution >= 4 is 23.9 Å². The minimum absolute atomic E-state index is 0.181. The number of esters is 2. The Labute approximate surface area is 183 Å². The van der Waals surface area contributed by atoms with E-state index in [4.69, 9.17) is 18.9 Å². The van der Waals surface area contributed by atoms with E-state index in [1.165, 1.54) is 13.2 Å². The van der Waals surface area contributed by atoms with Gasteiger partial charge in [0.2, 0.25) is 0 Å². The number of carbonyl (C=O) groups is 3. The van der Waals surface area contributed by atoms with Crippen molar-refractivity contribution in [1.29, 1.82) is 0 Å². The number of likely N-dealkylation sites (tertiary alicyclic amines) is 1. The molecule has 170 valence electrons. The van der Waals surface area contributed by atoms with Crippen LogP contribution in [0.4, 0.5) is 0 Å². The average molecular weight is 434 g/mol. The topological polar surface area (TPSA) is 91.4 Å². The van der Waals surface area contributed by atoms with Gasteiger partial charge in [-0.05, 0) is 50.0 Å². The molecule has 0 bridgehead atoms. The quantitative estimate of drug-likeness (QED) is 0.414. The largest absolute Gasteiger partial charge is 0.490 e. The average Bonchev–Trinajstić information content (AvgIpc) is 2.80.